The molecule has 0 saturated carbocycles. The maximum atomic E-state index is 10.9. The predicted octanol–water partition coefficient (Wildman–Crippen LogP) is 2.28. The molecule has 0 N–H and O–H groups in total. The third-order valence-corrected chi connectivity index (χ3v) is 2.21. The van der Waals surface area contributed by atoms with E-state index in [1.54, 1.807) is 19.3 Å². The van der Waals surface area contributed by atoms with Crippen molar-refractivity contribution < 1.29 is 4.79 Å². The molecule has 0 aliphatic rings. The molecular weight excluding hydrogens is 200 g/mol. The summed E-state index contributed by atoms with van der Waals surface area (Å²) >= 11 is 0. The van der Waals surface area contributed by atoms with Crippen molar-refractivity contribution in [3.63, 3.8) is 0 Å². The monoisotopic (exact) mass is 212 g/mol. The Morgan fingerprint density at radius 1 is 1.12 bits per heavy atom. The molecule has 16 heavy (non-hydrogen) atoms. The molecule has 0 atom stereocenters. The molecule has 0 spiro atoms. The molecule has 3 heteroatoms. The molecule has 2 heterocycles. The number of pyridine rings is 2. The van der Waals surface area contributed by atoms with E-state index >= 15 is 0 Å². The topological polar surface area (TPSA) is 42.9 Å². The standard InChI is InChI=1S/C13H12N2O/c1-10(16)8-11-5-6-13(15-9-11)12-4-2-3-7-14-12/h2-7,9H,8H2,1H3. The Morgan fingerprint density at radius 3 is 2.50 bits per heavy atom. The smallest absolute Gasteiger partial charge is 0.134 e. The SMILES string of the molecule is CC(=O)Cc1ccc(-c2ccccn2)nc1. The van der Waals surface area contributed by atoms with Crippen LogP contribution in [0.3, 0.4) is 0 Å². The average Bonchev–Trinajstić information content (AvgIpc) is 2.30. The number of ketones is 1. The lowest BCUT2D eigenvalue weighted by Gasteiger charge is -2.01. The van der Waals surface area contributed by atoms with Crippen molar-refractivity contribution in [2.45, 2.75) is 13.3 Å². The highest BCUT2D eigenvalue weighted by molar-refractivity contribution is 5.78. The van der Waals surface area contributed by atoms with Gasteiger partial charge in [0, 0.05) is 18.8 Å². The third kappa shape index (κ3) is 2.51. The molecule has 2 aromatic heterocycles. The lowest BCUT2D eigenvalue weighted by Crippen LogP contribution is -1.97. The van der Waals surface area contributed by atoms with Gasteiger partial charge in [-0.05, 0) is 30.7 Å². The van der Waals surface area contributed by atoms with Crippen LogP contribution in [0.15, 0.2) is 42.7 Å². The molecule has 0 aliphatic carbocycles. The van der Waals surface area contributed by atoms with Gasteiger partial charge in [0.1, 0.15) is 5.78 Å². The highest BCUT2D eigenvalue weighted by atomic mass is 16.1. The number of nitrogens with zero attached hydrogens (tertiary/aromatic N) is 2. The fourth-order valence-corrected chi connectivity index (χ4v) is 1.48. The molecule has 3 nitrogen and oxygen atoms in total. The van der Waals surface area contributed by atoms with E-state index in [9.17, 15) is 4.79 Å². The Balaban J connectivity index is 2.23. The zero-order chi connectivity index (χ0) is 11.4. The summed E-state index contributed by atoms with van der Waals surface area (Å²) in [6.45, 7) is 1.58. The average molecular weight is 212 g/mol. The van der Waals surface area contributed by atoms with Gasteiger partial charge < -0.3 is 0 Å². The van der Waals surface area contributed by atoms with Crippen LogP contribution in [0.1, 0.15) is 12.5 Å². The Morgan fingerprint density at radius 2 is 1.94 bits per heavy atom. The summed E-state index contributed by atoms with van der Waals surface area (Å²) in [6.07, 6.45) is 3.90. The highest BCUT2D eigenvalue weighted by Gasteiger charge is 2.01. The second-order valence-electron chi connectivity index (χ2n) is 3.65. The van der Waals surface area contributed by atoms with E-state index < -0.39 is 0 Å². The van der Waals surface area contributed by atoms with E-state index in [0.29, 0.717) is 6.42 Å². The lowest BCUT2D eigenvalue weighted by atomic mass is 10.1. The van der Waals surface area contributed by atoms with Crippen molar-refractivity contribution in [1.82, 2.24) is 9.97 Å². The molecule has 2 aromatic rings. The van der Waals surface area contributed by atoms with Crippen molar-refractivity contribution >= 4 is 5.78 Å². The van der Waals surface area contributed by atoms with Crippen LogP contribution in [0.5, 0.6) is 0 Å². The number of rotatable bonds is 3. The molecule has 80 valence electrons. The van der Waals surface area contributed by atoms with Gasteiger partial charge in [-0.25, -0.2) is 0 Å². The molecule has 0 aromatic carbocycles. The van der Waals surface area contributed by atoms with Gasteiger partial charge in [-0.15, -0.1) is 0 Å². The van der Waals surface area contributed by atoms with Gasteiger partial charge in [-0.3, -0.25) is 14.8 Å². The van der Waals surface area contributed by atoms with Gasteiger partial charge in [0.2, 0.25) is 0 Å². The van der Waals surface area contributed by atoms with Gasteiger partial charge in [0.25, 0.3) is 0 Å². The van der Waals surface area contributed by atoms with Gasteiger partial charge in [-0.2, -0.15) is 0 Å². The summed E-state index contributed by atoms with van der Waals surface area (Å²) in [5.41, 5.74) is 2.61. The molecule has 0 bridgehead atoms. The Hall–Kier alpha value is -2.03. The summed E-state index contributed by atoms with van der Waals surface area (Å²) in [6, 6.07) is 9.51. The van der Waals surface area contributed by atoms with Crippen LogP contribution in [-0.4, -0.2) is 15.8 Å². The minimum absolute atomic E-state index is 0.146. The molecule has 0 saturated heterocycles. The van der Waals surface area contributed by atoms with Gasteiger partial charge in [0.15, 0.2) is 0 Å². The highest BCUT2D eigenvalue weighted by Crippen LogP contribution is 2.13. The lowest BCUT2D eigenvalue weighted by molar-refractivity contribution is -0.116. The molecule has 0 unspecified atom stereocenters. The van der Waals surface area contributed by atoms with Gasteiger partial charge in [-0.1, -0.05) is 12.1 Å². The maximum Gasteiger partial charge on any atom is 0.134 e. The minimum atomic E-state index is 0.146. The van der Waals surface area contributed by atoms with Gasteiger partial charge >= 0.3 is 0 Å². The minimum Gasteiger partial charge on any atom is -0.300 e. The Kier molecular flexibility index (Phi) is 3.05. The van der Waals surface area contributed by atoms with Crippen molar-refractivity contribution in [2.24, 2.45) is 0 Å². The van der Waals surface area contributed by atoms with Crippen LogP contribution >= 0.6 is 0 Å². The van der Waals surface area contributed by atoms with Crippen molar-refractivity contribution in [3.05, 3.63) is 48.3 Å². The zero-order valence-corrected chi connectivity index (χ0v) is 9.05. The van der Waals surface area contributed by atoms with E-state index in [-0.39, 0.29) is 5.78 Å². The van der Waals surface area contributed by atoms with E-state index in [4.69, 9.17) is 0 Å². The summed E-state index contributed by atoms with van der Waals surface area (Å²) in [5.74, 6) is 0.146. The van der Waals surface area contributed by atoms with Crippen molar-refractivity contribution in [3.8, 4) is 11.4 Å². The molecule has 0 fully saturated rings. The number of carbonyl (C=O) groups excluding carboxylic acids is 1. The molecule has 0 radical (unpaired) electrons. The molecule has 0 aliphatic heterocycles. The number of hydrogen-bond donors (Lipinski definition) is 0. The molecule has 0 amide bonds. The predicted molar refractivity (Wildman–Crippen MR) is 61.9 cm³/mol. The van der Waals surface area contributed by atoms with Crippen LogP contribution in [0.2, 0.25) is 0 Å². The molecule has 2 rings (SSSR count). The molecular formula is C13H12N2O. The van der Waals surface area contributed by atoms with Gasteiger partial charge in [0.05, 0.1) is 11.4 Å². The first-order valence-corrected chi connectivity index (χ1v) is 5.11. The first-order valence-electron chi connectivity index (χ1n) is 5.11. The fourth-order valence-electron chi connectivity index (χ4n) is 1.48. The maximum absolute atomic E-state index is 10.9. The van der Waals surface area contributed by atoms with Crippen molar-refractivity contribution in [2.75, 3.05) is 0 Å². The Bertz CT molecular complexity index is 477. The number of carbonyl (C=O) groups is 1. The van der Waals surface area contributed by atoms with Crippen LogP contribution in [-0.2, 0) is 11.2 Å². The van der Waals surface area contributed by atoms with Crippen LogP contribution in [0, 0.1) is 0 Å². The van der Waals surface area contributed by atoms with Crippen LogP contribution in [0.25, 0.3) is 11.4 Å². The van der Waals surface area contributed by atoms with Crippen LogP contribution < -0.4 is 0 Å². The quantitative estimate of drug-likeness (QED) is 0.783. The number of aromatic nitrogens is 2. The largest absolute Gasteiger partial charge is 0.300 e. The number of hydrogen-bond acceptors (Lipinski definition) is 3. The summed E-state index contributed by atoms with van der Waals surface area (Å²) in [5, 5.41) is 0. The first kappa shape index (κ1) is 10.5. The Labute approximate surface area is 94.2 Å². The second kappa shape index (κ2) is 4.66. The second-order valence-corrected chi connectivity index (χ2v) is 3.65. The zero-order valence-electron chi connectivity index (χ0n) is 9.05. The van der Waals surface area contributed by atoms with E-state index in [2.05, 4.69) is 9.97 Å². The van der Waals surface area contributed by atoms with E-state index in [0.717, 1.165) is 17.0 Å². The first-order chi connectivity index (χ1) is 7.75. The number of Topliss-reactive ketones (excluding diaryl/α,β-unsaturated/α-hetero) is 1. The summed E-state index contributed by atoms with van der Waals surface area (Å²) in [4.78, 5) is 19.4. The normalized spacial score (nSPS) is 10.1. The summed E-state index contributed by atoms with van der Waals surface area (Å²) in [7, 11) is 0. The van der Waals surface area contributed by atoms with Crippen molar-refractivity contribution in [1.29, 1.82) is 0 Å². The fraction of sp³-hybridized carbons (Fsp3) is 0.154. The third-order valence-electron chi connectivity index (χ3n) is 2.21. The van der Waals surface area contributed by atoms with E-state index in [1.807, 2.05) is 30.3 Å². The van der Waals surface area contributed by atoms with E-state index in [1.165, 1.54) is 0 Å². The summed E-state index contributed by atoms with van der Waals surface area (Å²) < 4.78 is 0. The van der Waals surface area contributed by atoms with Crippen LogP contribution in [0.4, 0.5) is 0 Å².